The van der Waals surface area contributed by atoms with Gasteiger partial charge in [-0.15, -0.1) is 11.3 Å². The minimum Gasteiger partial charge on any atom is -0.233 e. The molecular formula is C23H14N2S3. The van der Waals surface area contributed by atoms with Crippen LogP contribution >= 0.6 is 34.9 Å². The molecule has 3 aromatic carbocycles. The van der Waals surface area contributed by atoms with Gasteiger partial charge in [0, 0.05) is 40.6 Å². The Hall–Kier alpha value is -2.34. The van der Waals surface area contributed by atoms with Crippen LogP contribution in [0.3, 0.4) is 0 Å². The molecule has 0 N–H and O–H groups in total. The van der Waals surface area contributed by atoms with E-state index in [0.717, 1.165) is 21.9 Å². The van der Waals surface area contributed by atoms with Gasteiger partial charge in [0.25, 0.3) is 0 Å². The first kappa shape index (κ1) is 16.6. The zero-order valence-corrected chi connectivity index (χ0v) is 17.4. The number of rotatable bonds is 1. The Kier molecular flexibility index (Phi) is 3.76. The van der Waals surface area contributed by atoms with E-state index in [1.165, 1.54) is 35.1 Å². The summed E-state index contributed by atoms with van der Waals surface area (Å²) in [5.74, 6) is 0.809. The van der Waals surface area contributed by atoms with E-state index in [-0.39, 0.29) is 0 Å². The van der Waals surface area contributed by atoms with E-state index in [2.05, 4.69) is 73.7 Å². The minimum absolute atomic E-state index is 0.809. The summed E-state index contributed by atoms with van der Waals surface area (Å²) in [6.45, 7) is 2.09. The lowest BCUT2D eigenvalue weighted by Gasteiger charge is -2.18. The van der Waals surface area contributed by atoms with Crippen molar-refractivity contribution in [2.45, 2.75) is 26.5 Å². The molecule has 0 saturated heterocycles. The third-order valence-corrected chi connectivity index (χ3v) is 8.52. The molecule has 3 heterocycles. The smallest absolute Gasteiger partial charge is 0.161 e. The van der Waals surface area contributed by atoms with E-state index in [4.69, 9.17) is 9.97 Å². The van der Waals surface area contributed by atoms with Crippen molar-refractivity contribution < 1.29 is 0 Å². The van der Waals surface area contributed by atoms with Crippen LogP contribution in [0.5, 0.6) is 0 Å². The molecule has 28 heavy (non-hydrogen) atoms. The lowest BCUT2D eigenvalue weighted by molar-refractivity contribution is 1.13. The average Bonchev–Trinajstić information content (AvgIpc) is 3.10. The van der Waals surface area contributed by atoms with Gasteiger partial charge in [-0.1, -0.05) is 53.9 Å². The van der Waals surface area contributed by atoms with Crippen LogP contribution in [0.4, 0.5) is 0 Å². The van der Waals surface area contributed by atoms with Crippen molar-refractivity contribution >= 4 is 55.2 Å². The van der Waals surface area contributed by atoms with Gasteiger partial charge in [0.2, 0.25) is 0 Å². The molecule has 6 rings (SSSR count). The van der Waals surface area contributed by atoms with Crippen LogP contribution in [0, 0.1) is 6.92 Å². The molecule has 0 spiro atoms. The van der Waals surface area contributed by atoms with Gasteiger partial charge in [0.05, 0.1) is 5.69 Å². The lowest BCUT2D eigenvalue weighted by atomic mass is 10.1. The third kappa shape index (κ3) is 2.58. The molecule has 1 aliphatic heterocycles. The van der Waals surface area contributed by atoms with E-state index in [9.17, 15) is 0 Å². The van der Waals surface area contributed by atoms with E-state index >= 15 is 0 Å². The van der Waals surface area contributed by atoms with Crippen molar-refractivity contribution in [2.75, 3.05) is 0 Å². The van der Waals surface area contributed by atoms with Gasteiger partial charge in [0.15, 0.2) is 5.82 Å². The van der Waals surface area contributed by atoms with Crippen LogP contribution in [-0.4, -0.2) is 9.97 Å². The van der Waals surface area contributed by atoms with Gasteiger partial charge in [-0.25, -0.2) is 9.97 Å². The van der Waals surface area contributed by atoms with Crippen LogP contribution < -0.4 is 0 Å². The molecule has 0 saturated carbocycles. The normalized spacial score (nSPS) is 12.9. The summed E-state index contributed by atoms with van der Waals surface area (Å²) in [4.78, 5) is 16.1. The van der Waals surface area contributed by atoms with Gasteiger partial charge in [-0.05, 0) is 43.3 Å². The monoisotopic (exact) mass is 414 g/mol. The highest BCUT2D eigenvalue weighted by molar-refractivity contribution is 8.05. The van der Waals surface area contributed by atoms with E-state index < -0.39 is 0 Å². The second-order valence-corrected chi connectivity index (χ2v) is 9.92. The molecular weight excluding hydrogens is 400 g/mol. The third-order valence-electron chi connectivity index (χ3n) is 4.91. The summed E-state index contributed by atoms with van der Waals surface area (Å²) in [6, 6.07) is 23.6. The van der Waals surface area contributed by atoms with Crippen LogP contribution in [0.15, 0.2) is 86.3 Å². The number of aryl methyl sites for hydroxylation is 1. The second-order valence-electron chi connectivity index (χ2n) is 6.72. The van der Waals surface area contributed by atoms with Crippen molar-refractivity contribution in [3.8, 4) is 11.4 Å². The number of hydrogen-bond donors (Lipinski definition) is 0. The Morgan fingerprint density at radius 3 is 2.29 bits per heavy atom. The number of hydrogen-bond acceptors (Lipinski definition) is 5. The first-order chi connectivity index (χ1) is 13.8. The van der Waals surface area contributed by atoms with Gasteiger partial charge in [0.1, 0.15) is 4.83 Å². The number of thiophene rings is 1. The zero-order valence-electron chi connectivity index (χ0n) is 15.0. The summed E-state index contributed by atoms with van der Waals surface area (Å²) < 4.78 is 1.26. The molecule has 5 heteroatoms. The Morgan fingerprint density at radius 2 is 1.43 bits per heavy atom. The summed E-state index contributed by atoms with van der Waals surface area (Å²) >= 11 is 5.41. The molecule has 5 aromatic rings. The Bertz CT molecular complexity index is 1390. The van der Waals surface area contributed by atoms with Crippen LogP contribution in [0.25, 0.3) is 31.7 Å². The Morgan fingerprint density at radius 1 is 0.714 bits per heavy atom. The van der Waals surface area contributed by atoms with Gasteiger partial charge in [-0.2, -0.15) is 0 Å². The number of aromatic nitrogens is 2. The van der Waals surface area contributed by atoms with Crippen LogP contribution in [0.2, 0.25) is 0 Å². The molecule has 0 bridgehead atoms. The predicted molar refractivity (Wildman–Crippen MR) is 120 cm³/mol. The topological polar surface area (TPSA) is 25.8 Å². The second kappa shape index (κ2) is 6.34. The zero-order chi connectivity index (χ0) is 18.7. The standard InChI is InChI=1S/C23H14N2S3/c1-13-21-15-6-2-3-7-16(15)28-23(21)25-22(24-13)14-10-11-19-20(12-14)27-18-9-5-4-8-17(18)26-19/h2-12H,1H3. The fourth-order valence-corrected chi connectivity index (χ4v) is 6.97. The molecule has 134 valence electrons. The molecule has 1 aliphatic rings. The molecule has 0 amide bonds. The fraction of sp³-hybridized carbons (Fsp3) is 0.0435. The highest BCUT2D eigenvalue weighted by atomic mass is 32.2. The number of nitrogens with zero attached hydrogens (tertiary/aromatic N) is 2. The Labute approximate surface area is 175 Å². The summed E-state index contributed by atoms with van der Waals surface area (Å²) in [5, 5.41) is 2.43. The SMILES string of the molecule is Cc1nc(-c2ccc3c(c2)Sc2ccccc2S3)nc2sc3ccccc3c12. The quantitative estimate of drug-likeness (QED) is 0.279. The first-order valence-electron chi connectivity index (χ1n) is 9.01. The highest BCUT2D eigenvalue weighted by Gasteiger charge is 2.18. The maximum atomic E-state index is 4.93. The summed E-state index contributed by atoms with van der Waals surface area (Å²) in [5.41, 5.74) is 2.12. The van der Waals surface area contributed by atoms with Crippen molar-refractivity contribution in [3.63, 3.8) is 0 Å². The van der Waals surface area contributed by atoms with Crippen molar-refractivity contribution in [1.29, 1.82) is 0 Å². The first-order valence-corrected chi connectivity index (χ1v) is 11.5. The van der Waals surface area contributed by atoms with Gasteiger partial charge < -0.3 is 0 Å². The molecule has 0 radical (unpaired) electrons. The maximum absolute atomic E-state index is 4.93. The van der Waals surface area contributed by atoms with Crippen molar-refractivity contribution in [2.24, 2.45) is 0 Å². The van der Waals surface area contributed by atoms with Gasteiger partial charge >= 0.3 is 0 Å². The van der Waals surface area contributed by atoms with Crippen molar-refractivity contribution in [1.82, 2.24) is 9.97 Å². The maximum Gasteiger partial charge on any atom is 0.161 e. The van der Waals surface area contributed by atoms with Crippen LogP contribution in [-0.2, 0) is 0 Å². The average molecular weight is 415 g/mol. The highest BCUT2D eigenvalue weighted by Crippen LogP contribution is 2.49. The lowest BCUT2D eigenvalue weighted by Crippen LogP contribution is -1.94. The molecule has 2 nitrogen and oxygen atoms in total. The summed E-state index contributed by atoms with van der Waals surface area (Å²) in [6.07, 6.45) is 0. The van der Waals surface area contributed by atoms with Crippen LogP contribution in [0.1, 0.15) is 5.69 Å². The number of benzene rings is 3. The molecule has 0 unspecified atom stereocenters. The van der Waals surface area contributed by atoms with Gasteiger partial charge in [-0.3, -0.25) is 0 Å². The van der Waals surface area contributed by atoms with E-state index in [1.807, 2.05) is 23.5 Å². The molecule has 0 atom stereocenters. The number of fused-ring (bicyclic) bond motifs is 5. The largest absolute Gasteiger partial charge is 0.233 e. The van der Waals surface area contributed by atoms with E-state index in [0.29, 0.717) is 0 Å². The van der Waals surface area contributed by atoms with E-state index in [1.54, 1.807) is 11.3 Å². The van der Waals surface area contributed by atoms with Crippen molar-refractivity contribution in [3.05, 3.63) is 72.4 Å². The predicted octanol–water partition coefficient (Wildman–Crippen LogP) is 7.44. The molecule has 2 aromatic heterocycles. The Balaban J connectivity index is 1.48. The minimum atomic E-state index is 0.809. The molecule has 0 fully saturated rings. The summed E-state index contributed by atoms with van der Waals surface area (Å²) in [7, 11) is 0. The fourth-order valence-electron chi connectivity index (χ4n) is 3.59. The molecule has 0 aliphatic carbocycles.